The molecule has 3 atom stereocenters. The number of imide groups is 1. The third-order valence-corrected chi connectivity index (χ3v) is 11.3. The van der Waals surface area contributed by atoms with Crippen LogP contribution in [0.1, 0.15) is 16.4 Å². The number of nitrogens with one attached hydrogen (secondary N) is 1. The standard InChI is InChI=1S/C32H21Br2N3O4S2/c33-19-11-13-21(14-12-19)37-29(39)26-25(18-7-3-8-20(34)15-18)28-31(42-27(26)30(37)40)36(32(41)43-28)16-24(38)35-23-10-4-6-17-5-1-2-9-22(17)23/h1-15,25-27H,16H2,(H,35,38). The van der Waals surface area contributed by atoms with Crippen molar-refractivity contribution >= 4 is 94.8 Å². The summed E-state index contributed by atoms with van der Waals surface area (Å²) in [6.07, 6.45) is 0. The van der Waals surface area contributed by atoms with Crippen LogP contribution in [-0.2, 0) is 20.9 Å². The van der Waals surface area contributed by atoms with Gasteiger partial charge < -0.3 is 5.32 Å². The number of nitrogens with zero attached hydrogens (tertiary/aromatic N) is 2. The highest BCUT2D eigenvalue weighted by Crippen LogP contribution is 2.54. The predicted octanol–water partition coefficient (Wildman–Crippen LogP) is 7.02. The van der Waals surface area contributed by atoms with E-state index < -0.39 is 17.1 Å². The highest BCUT2D eigenvalue weighted by molar-refractivity contribution is 9.10. The molecule has 0 radical (unpaired) electrons. The minimum Gasteiger partial charge on any atom is -0.324 e. The molecule has 7 nitrogen and oxygen atoms in total. The Kier molecular flexibility index (Phi) is 7.37. The molecule has 0 saturated carbocycles. The van der Waals surface area contributed by atoms with Crippen molar-refractivity contribution < 1.29 is 14.4 Å². The number of thioether (sulfide) groups is 1. The number of halogens is 2. The van der Waals surface area contributed by atoms with E-state index in [0.717, 1.165) is 36.6 Å². The minimum absolute atomic E-state index is 0.220. The molecule has 1 aromatic heterocycles. The topological polar surface area (TPSA) is 88.5 Å². The number of benzene rings is 4. The van der Waals surface area contributed by atoms with Crippen molar-refractivity contribution in [3.8, 4) is 0 Å². The maximum Gasteiger partial charge on any atom is 0.308 e. The first-order valence-electron chi connectivity index (χ1n) is 13.4. The number of thiazole rings is 1. The van der Waals surface area contributed by atoms with Gasteiger partial charge in [-0.15, -0.1) is 0 Å². The van der Waals surface area contributed by atoms with Gasteiger partial charge in [0.2, 0.25) is 17.7 Å². The predicted molar refractivity (Wildman–Crippen MR) is 177 cm³/mol. The molecular formula is C32H21Br2N3O4S2. The third kappa shape index (κ3) is 4.98. The number of anilines is 2. The molecule has 3 heterocycles. The summed E-state index contributed by atoms with van der Waals surface area (Å²) in [6, 6.07) is 28.1. The monoisotopic (exact) mass is 733 g/mol. The average Bonchev–Trinajstić information content (AvgIpc) is 3.44. The summed E-state index contributed by atoms with van der Waals surface area (Å²) in [5, 5.41) is 4.64. The van der Waals surface area contributed by atoms with Gasteiger partial charge in [0, 0.05) is 30.8 Å². The van der Waals surface area contributed by atoms with Crippen molar-refractivity contribution in [3.05, 3.63) is 120 Å². The van der Waals surface area contributed by atoms with Crippen molar-refractivity contribution in [2.24, 2.45) is 5.92 Å². The molecule has 0 bridgehead atoms. The van der Waals surface area contributed by atoms with Gasteiger partial charge in [-0.05, 0) is 53.4 Å². The van der Waals surface area contributed by atoms with Crippen LogP contribution in [0.25, 0.3) is 10.8 Å². The van der Waals surface area contributed by atoms with E-state index in [4.69, 9.17) is 0 Å². The normalized spacial score (nSPS) is 19.4. The first kappa shape index (κ1) is 28.3. The van der Waals surface area contributed by atoms with Gasteiger partial charge in [-0.25, -0.2) is 4.90 Å². The number of hydrogen-bond acceptors (Lipinski definition) is 6. The van der Waals surface area contributed by atoms with Gasteiger partial charge in [-0.1, -0.05) is 103 Å². The highest BCUT2D eigenvalue weighted by Gasteiger charge is 2.56. The zero-order chi connectivity index (χ0) is 29.8. The first-order chi connectivity index (χ1) is 20.8. The zero-order valence-electron chi connectivity index (χ0n) is 22.2. The summed E-state index contributed by atoms with van der Waals surface area (Å²) >= 11 is 9.18. The van der Waals surface area contributed by atoms with Crippen LogP contribution in [-0.4, -0.2) is 27.5 Å². The fourth-order valence-corrected chi connectivity index (χ4v) is 9.28. The van der Waals surface area contributed by atoms with Crippen LogP contribution in [0, 0.1) is 5.92 Å². The molecule has 2 aliphatic heterocycles. The summed E-state index contributed by atoms with van der Waals surface area (Å²) < 4.78 is 3.10. The van der Waals surface area contributed by atoms with E-state index in [1.54, 1.807) is 24.3 Å². The maximum atomic E-state index is 14.0. The van der Waals surface area contributed by atoms with Gasteiger partial charge in [0.15, 0.2) is 0 Å². The van der Waals surface area contributed by atoms with Crippen molar-refractivity contribution in [2.45, 2.75) is 22.7 Å². The number of carbonyl (C=O) groups is 3. The Morgan fingerprint density at radius 2 is 1.58 bits per heavy atom. The van der Waals surface area contributed by atoms with Gasteiger partial charge in [-0.3, -0.25) is 23.7 Å². The van der Waals surface area contributed by atoms with E-state index in [-0.39, 0.29) is 29.1 Å². The summed E-state index contributed by atoms with van der Waals surface area (Å²) in [4.78, 5) is 56.3. The number of rotatable bonds is 5. The SMILES string of the molecule is O=C(Cn1c2c(sc1=O)C(c1cccc(Br)c1)C1C(=O)N(c3ccc(Br)cc3)C(=O)C1S2)Nc1cccc2ccccc12. The largest absolute Gasteiger partial charge is 0.324 e. The minimum atomic E-state index is -0.756. The molecule has 4 aromatic carbocycles. The molecule has 0 aliphatic carbocycles. The van der Waals surface area contributed by atoms with E-state index in [1.807, 2.05) is 66.7 Å². The Morgan fingerprint density at radius 1 is 0.837 bits per heavy atom. The van der Waals surface area contributed by atoms with Crippen LogP contribution in [0.2, 0.25) is 0 Å². The fraction of sp³-hybridized carbons (Fsp3) is 0.125. The van der Waals surface area contributed by atoms with Gasteiger partial charge in [0.1, 0.15) is 11.8 Å². The molecule has 1 N–H and O–H groups in total. The molecule has 2 aliphatic rings. The molecule has 214 valence electrons. The van der Waals surface area contributed by atoms with Crippen LogP contribution in [0.4, 0.5) is 11.4 Å². The number of carbonyl (C=O) groups excluding carboxylic acids is 3. The van der Waals surface area contributed by atoms with Gasteiger partial charge in [0.05, 0.1) is 16.6 Å². The molecule has 1 fully saturated rings. The lowest BCUT2D eigenvalue weighted by Gasteiger charge is -2.30. The van der Waals surface area contributed by atoms with Gasteiger partial charge in [-0.2, -0.15) is 0 Å². The third-order valence-electron chi connectivity index (χ3n) is 7.71. The smallest absolute Gasteiger partial charge is 0.308 e. The van der Waals surface area contributed by atoms with Crippen molar-refractivity contribution in [3.63, 3.8) is 0 Å². The molecule has 7 rings (SSSR count). The van der Waals surface area contributed by atoms with Gasteiger partial charge >= 0.3 is 4.87 Å². The summed E-state index contributed by atoms with van der Waals surface area (Å²) in [5.41, 5.74) is 1.97. The summed E-state index contributed by atoms with van der Waals surface area (Å²) in [5.74, 6) is -2.24. The molecule has 0 spiro atoms. The Balaban J connectivity index is 1.28. The number of amides is 3. The average molecular weight is 735 g/mol. The molecule has 3 amide bonds. The van der Waals surface area contributed by atoms with Crippen LogP contribution in [0.3, 0.4) is 0 Å². The number of fused-ring (bicyclic) bond motifs is 3. The second-order valence-electron chi connectivity index (χ2n) is 10.3. The number of hydrogen-bond donors (Lipinski definition) is 1. The molecule has 3 unspecified atom stereocenters. The van der Waals surface area contributed by atoms with Crippen molar-refractivity contribution in [1.29, 1.82) is 0 Å². The Morgan fingerprint density at radius 3 is 2.37 bits per heavy atom. The summed E-state index contributed by atoms with van der Waals surface area (Å²) in [6.45, 7) is -0.220. The lowest BCUT2D eigenvalue weighted by molar-refractivity contribution is -0.122. The second kappa shape index (κ2) is 11.2. The van der Waals surface area contributed by atoms with E-state index >= 15 is 0 Å². The lowest BCUT2D eigenvalue weighted by Crippen LogP contribution is -2.33. The van der Waals surface area contributed by atoms with Crippen LogP contribution in [0.5, 0.6) is 0 Å². The summed E-state index contributed by atoms with van der Waals surface area (Å²) in [7, 11) is 0. The van der Waals surface area contributed by atoms with Gasteiger partial charge in [0.25, 0.3) is 0 Å². The quantitative estimate of drug-likeness (QED) is 0.196. The van der Waals surface area contributed by atoms with Crippen molar-refractivity contribution in [2.75, 3.05) is 10.2 Å². The maximum absolute atomic E-state index is 14.0. The number of aromatic nitrogens is 1. The Labute approximate surface area is 271 Å². The van der Waals surface area contributed by atoms with Crippen LogP contribution >= 0.6 is 55.0 Å². The highest BCUT2D eigenvalue weighted by atomic mass is 79.9. The van der Waals surface area contributed by atoms with E-state index in [1.165, 1.54) is 21.2 Å². The lowest BCUT2D eigenvalue weighted by atomic mass is 9.83. The molecule has 5 aromatic rings. The van der Waals surface area contributed by atoms with Crippen molar-refractivity contribution in [1.82, 2.24) is 4.57 Å². The Hall–Kier alpha value is -3.51. The molecular weight excluding hydrogens is 714 g/mol. The van der Waals surface area contributed by atoms with E-state index in [0.29, 0.717) is 21.3 Å². The molecule has 1 saturated heterocycles. The zero-order valence-corrected chi connectivity index (χ0v) is 27.0. The Bertz CT molecular complexity index is 2000. The van der Waals surface area contributed by atoms with E-state index in [2.05, 4.69) is 37.2 Å². The van der Waals surface area contributed by atoms with Crippen LogP contribution < -0.4 is 15.1 Å². The first-order valence-corrected chi connectivity index (χ1v) is 16.6. The fourth-order valence-electron chi connectivity index (χ4n) is 5.83. The second-order valence-corrected chi connectivity index (χ2v) is 14.2. The van der Waals surface area contributed by atoms with E-state index in [9.17, 15) is 19.2 Å². The molecule has 11 heteroatoms. The molecule has 43 heavy (non-hydrogen) atoms. The van der Waals surface area contributed by atoms with Crippen LogP contribution in [0.15, 0.2) is 110 Å².